The molecule has 102 valence electrons. The van der Waals surface area contributed by atoms with Crippen LogP contribution in [0.1, 0.15) is 6.42 Å². The van der Waals surface area contributed by atoms with Crippen LogP contribution < -0.4 is 4.74 Å². The van der Waals surface area contributed by atoms with Crippen molar-refractivity contribution < 1.29 is 19.6 Å². The Kier molecular flexibility index (Phi) is 3.96. The van der Waals surface area contributed by atoms with Gasteiger partial charge in [-0.2, -0.15) is 0 Å². The van der Waals surface area contributed by atoms with Gasteiger partial charge in [-0.3, -0.25) is 14.9 Å². The van der Waals surface area contributed by atoms with Gasteiger partial charge in [-0.05, 0) is 12.5 Å². The maximum Gasteiger partial charge on any atom is 0.273 e. The lowest BCUT2D eigenvalue weighted by Gasteiger charge is -2.15. The second-order valence-corrected chi connectivity index (χ2v) is 4.33. The van der Waals surface area contributed by atoms with Crippen LogP contribution in [-0.4, -0.2) is 46.6 Å². The molecular weight excluding hydrogens is 252 g/mol. The zero-order valence-electron chi connectivity index (χ0n) is 10.2. The number of hydrogen-bond acceptors (Lipinski definition) is 5. The van der Waals surface area contributed by atoms with Crippen molar-refractivity contribution in [2.75, 3.05) is 19.7 Å². The number of amides is 1. The molecule has 0 spiro atoms. The number of aliphatic hydroxyl groups excluding tert-OH is 1. The second kappa shape index (κ2) is 5.66. The Balaban J connectivity index is 1.90. The van der Waals surface area contributed by atoms with E-state index in [0.717, 1.165) is 0 Å². The number of carbonyl (C=O) groups excluding carboxylic acids is 1. The fourth-order valence-electron chi connectivity index (χ4n) is 1.89. The van der Waals surface area contributed by atoms with Gasteiger partial charge in [0.1, 0.15) is 5.75 Å². The first-order valence-electron chi connectivity index (χ1n) is 5.89. The maximum atomic E-state index is 11.7. The number of hydrogen-bond donors (Lipinski definition) is 1. The molecule has 1 aliphatic heterocycles. The largest absolute Gasteiger partial charge is 0.484 e. The Morgan fingerprint density at radius 2 is 2.37 bits per heavy atom. The number of β-amino-alcohol motifs (C(OH)–C–C–N with tert-alkyl or cyclic N) is 1. The molecule has 0 saturated carbocycles. The second-order valence-electron chi connectivity index (χ2n) is 4.33. The number of carbonyl (C=O) groups is 1. The Bertz CT molecular complexity index is 491. The average Bonchev–Trinajstić information content (AvgIpc) is 2.83. The Labute approximate surface area is 109 Å². The highest BCUT2D eigenvalue weighted by atomic mass is 16.6. The van der Waals surface area contributed by atoms with Crippen LogP contribution in [0.25, 0.3) is 0 Å². The highest BCUT2D eigenvalue weighted by Crippen LogP contribution is 2.19. The Morgan fingerprint density at radius 3 is 3.00 bits per heavy atom. The first-order valence-corrected chi connectivity index (χ1v) is 5.89. The van der Waals surface area contributed by atoms with Crippen LogP contribution in [0.5, 0.6) is 5.75 Å². The van der Waals surface area contributed by atoms with Gasteiger partial charge >= 0.3 is 0 Å². The molecule has 1 aliphatic rings. The SMILES string of the molecule is O=C(COc1cccc([N+](=O)[O-])c1)N1CC[C@@H](O)C1. The fourth-order valence-corrected chi connectivity index (χ4v) is 1.89. The molecule has 19 heavy (non-hydrogen) atoms. The van der Waals surface area contributed by atoms with E-state index in [2.05, 4.69) is 0 Å². The molecule has 7 heteroatoms. The summed E-state index contributed by atoms with van der Waals surface area (Å²) in [5.74, 6) is 0.0466. The van der Waals surface area contributed by atoms with Crippen molar-refractivity contribution in [1.29, 1.82) is 0 Å². The van der Waals surface area contributed by atoms with Crippen LogP contribution in [-0.2, 0) is 4.79 Å². The summed E-state index contributed by atoms with van der Waals surface area (Å²) < 4.78 is 5.23. The predicted octanol–water partition coefficient (Wildman–Crippen LogP) is 0.567. The van der Waals surface area contributed by atoms with Crippen LogP contribution >= 0.6 is 0 Å². The van der Waals surface area contributed by atoms with E-state index in [-0.39, 0.29) is 24.0 Å². The molecule has 1 amide bonds. The molecule has 1 heterocycles. The molecule has 2 rings (SSSR count). The zero-order valence-corrected chi connectivity index (χ0v) is 10.2. The van der Waals surface area contributed by atoms with Crippen molar-refractivity contribution in [3.05, 3.63) is 34.4 Å². The monoisotopic (exact) mass is 266 g/mol. The number of nitrogens with zero attached hydrogens (tertiary/aromatic N) is 2. The van der Waals surface area contributed by atoms with Gasteiger partial charge in [-0.25, -0.2) is 0 Å². The average molecular weight is 266 g/mol. The van der Waals surface area contributed by atoms with Crippen molar-refractivity contribution in [1.82, 2.24) is 4.90 Å². The summed E-state index contributed by atoms with van der Waals surface area (Å²) in [6, 6.07) is 5.67. The van der Waals surface area contributed by atoms with Gasteiger partial charge in [0, 0.05) is 19.2 Å². The molecule has 0 bridgehead atoms. The van der Waals surface area contributed by atoms with Crippen molar-refractivity contribution >= 4 is 11.6 Å². The molecule has 0 aliphatic carbocycles. The lowest BCUT2D eigenvalue weighted by atomic mass is 10.3. The standard InChI is InChI=1S/C12H14N2O5/c15-10-4-5-13(7-10)12(16)8-19-11-3-1-2-9(6-11)14(17)18/h1-3,6,10,15H,4-5,7-8H2/t10-/m1/s1. The number of rotatable bonds is 4. The molecule has 0 aromatic heterocycles. The summed E-state index contributed by atoms with van der Waals surface area (Å²) in [5, 5.41) is 19.9. The molecule has 1 aromatic carbocycles. The number of non-ortho nitro benzene ring substituents is 1. The minimum atomic E-state index is -0.522. The normalized spacial score (nSPS) is 18.4. The van der Waals surface area contributed by atoms with E-state index in [1.165, 1.54) is 23.1 Å². The highest BCUT2D eigenvalue weighted by molar-refractivity contribution is 5.78. The Morgan fingerprint density at radius 1 is 1.58 bits per heavy atom. The van der Waals surface area contributed by atoms with Gasteiger partial charge in [0.25, 0.3) is 11.6 Å². The first kappa shape index (κ1) is 13.3. The van der Waals surface area contributed by atoms with Crippen LogP contribution in [0.4, 0.5) is 5.69 Å². The van der Waals surface area contributed by atoms with Crippen molar-refractivity contribution in [2.45, 2.75) is 12.5 Å². The molecule has 0 radical (unpaired) electrons. The smallest absolute Gasteiger partial charge is 0.273 e. The van der Waals surface area contributed by atoms with Gasteiger partial charge in [0.15, 0.2) is 6.61 Å². The number of nitro groups is 1. The molecule has 1 fully saturated rings. The number of aliphatic hydroxyl groups is 1. The minimum Gasteiger partial charge on any atom is -0.484 e. The third-order valence-corrected chi connectivity index (χ3v) is 2.91. The van der Waals surface area contributed by atoms with E-state index in [0.29, 0.717) is 19.5 Å². The summed E-state index contributed by atoms with van der Waals surface area (Å²) in [4.78, 5) is 23.3. The maximum absolute atomic E-state index is 11.7. The molecule has 1 aromatic rings. The topological polar surface area (TPSA) is 92.9 Å². The number of nitro benzene ring substituents is 1. The predicted molar refractivity (Wildman–Crippen MR) is 65.8 cm³/mol. The quantitative estimate of drug-likeness (QED) is 0.635. The third-order valence-electron chi connectivity index (χ3n) is 2.91. The minimum absolute atomic E-state index is 0.0819. The summed E-state index contributed by atoms with van der Waals surface area (Å²) >= 11 is 0. The van der Waals surface area contributed by atoms with Crippen LogP contribution in [0.3, 0.4) is 0 Å². The molecular formula is C12H14N2O5. The van der Waals surface area contributed by atoms with Crippen LogP contribution in [0.2, 0.25) is 0 Å². The van der Waals surface area contributed by atoms with Gasteiger partial charge < -0.3 is 14.7 Å². The summed E-state index contributed by atoms with van der Waals surface area (Å²) in [7, 11) is 0. The molecule has 1 saturated heterocycles. The molecule has 1 atom stereocenters. The van der Waals surface area contributed by atoms with Crippen LogP contribution in [0, 0.1) is 10.1 Å². The summed E-state index contributed by atoms with van der Waals surface area (Å²) in [5.41, 5.74) is -0.0819. The van der Waals surface area contributed by atoms with Gasteiger partial charge in [-0.15, -0.1) is 0 Å². The molecule has 7 nitrogen and oxygen atoms in total. The van der Waals surface area contributed by atoms with Crippen molar-refractivity contribution in [2.24, 2.45) is 0 Å². The van der Waals surface area contributed by atoms with Gasteiger partial charge in [0.2, 0.25) is 0 Å². The van der Waals surface area contributed by atoms with E-state index >= 15 is 0 Å². The highest BCUT2D eigenvalue weighted by Gasteiger charge is 2.24. The van der Waals surface area contributed by atoms with Gasteiger partial charge in [-0.1, -0.05) is 6.07 Å². The third kappa shape index (κ3) is 3.41. The van der Waals surface area contributed by atoms with Crippen molar-refractivity contribution in [3.63, 3.8) is 0 Å². The zero-order chi connectivity index (χ0) is 13.8. The van der Waals surface area contributed by atoms with E-state index < -0.39 is 11.0 Å². The van der Waals surface area contributed by atoms with Crippen LogP contribution in [0.15, 0.2) is 24.3 Å². The summed E-state index contributed by atoms with van der Waals surface area (Å²) in [6.45, 7) is 0.642. The lowest BCUT2D eigenvalue weighted by Crippen LogP contribution is -2.33. The van der Waals surface area contributed by atoms with E-state index in [9.17, 15) is 20.0 Å². The number of likely N-dealkylation sites (tertiary alicyclic amines) is 1. The first-order chi connectivity index (χ1) is 9.06. The van der Waals surface area contributed by atoms with E-state index in [1.54, 1.807) is 6.07 Å². The molecule has 0 unspecified atom stereocenters. The van der Waals surface area contributed by atoms with E-state index in [4.69, 9.17) is 4.74 Å². The van der Waals surface area contributed by atoms with Crippen molar-refractivity contribution in [3.8, 4) is 5.75 Å². The number of benzene rings is 1. The molecule has 1 N–H and O–H groups in total. The van der Waals surface area contributed by atoms with Gasteiger partial charge in [0.05, 0.1) is 17.1 Å². The van der Waals surface area contributed by atoms with E-state index in [1.807, 2.05) is 0 Å². The lowest BCUT2D eigenvalue weighted by molar-refractivity contribution is -0.384. The number of ether oxygens (including phenoxy) is 1. The fraction of sp³-hybridized carbons (Fsp3) is 0.417. The Hall–Kier alpha value is -2.15. The summed E-state index contributed by atoms with van der Waals surface area (Å²) in [6.07, 6.45) is 0.101.